The minimum Gasteiger partial charge on any atom is -0.463 e. The Kier molecular flexibility index (Phi) is 6.48. The molecule has 26 heavy (non-hydrogen) atoms. The Hall–Kier alpha value is -3.16. The highest BCUT2D eigenvalue weighted by molar-refractivity contribution is 5.95. The maximum atomic E-state index is 12.2. The number of carbonyl (C=O) groups excluding carboxylic acids is 4. The summed E-state index contributed by atoms with van der Waals surface area (Å²) in [7, 11) is 0. The summed E-state index contributed by atoms with van der Waals surface area (Å²) >= 11 is 0. The molecule has 2 N–H and O–H groups in total. The lowest BCUT2D eigenvalue weighted by atomic mass is 10.0. The zero-order valence-corrected chi connectivity index (χ0v) is 14.5. The van der Waals surface area contributed by atoms with Crippen LogP contribution in [0.25, 0.3) is 0 Å². The van der Waals surface area contributed by atoms with Gasteiger partial charge in [-0.3, -0.25) is 4.79 Å². The van der Waals surface area contributed by atoms with Crippen molar-refractivity contribution in [2.75, 3.05) is 13.2 Å². The van der Waals surface area contributed by atoms with Crippen LogP contribution in [0.5, 0.6) is 0 Å². The summed E-state index contributed by atoms with van der Waals surface area (Å²) in [6.07, 6.45) is 1.15. The van der Waals surface area contributed by atoms with Crippen molar-refractivity contribution in [1.82, 2.24) is 10.6 Å². The molecule has 0 bridgehead atoms. The fraction of sp³-hybridized carbons (Fsp3) is 0.333. The molecule has 8 heteroatoms. The SMILES string of the molecule is CCOC(=O)C1=C(COC(=O)c2ccc(C=O)cc2)NC(=O)N[C@H]1CC. The van der Waals surface area contributed by atoms with Crippen LogP contribution in [0, 0.1) is 0 Å². The van der Waals surface area contributed by atoms with Crippen LogP contribution in [-0.4, -0.2) is 43.5 Å². The Balaban J connectivity index is 2.18. The van der Waals surface area contributed by atoms with Gasteiger partial charge in [-0.25, -0.2) is 14.4 Å². The van der Waals surface area contributed by atoms with Crippen LogP contribution in [0.15, 0.2) is 35.5 Å². The summed E-state index contributed by atoms with van der Waals surface area (Å²) in [5, 5.41) is 5.14. The van der Waals surface area contributed by atoms with Crippen LogP contribution in [0.3, 0.4) is 0 Å². The number of hydrogen-bond acceptors (Lipinski definition) is 6. The van der Waals surface area contributed by atoms with Gasteiger partial charge < -0.3 is 20.1 Å². The number of rotatable bonds is 7. The highest BCUT2D eigenvalue weighted by Crippen LogP contribution is 2.18. The minimum atomic E-state index is -0.640. The van der Waals surface area contributed by atoms with E-state index in [-0.39, 0.29) is 30.0 Å². The lowest BCUT2D eigenvalue weighted by Gasteiger charge is -2.28. The number of aldehydes is 1. The second-order valence-corrected chi connectivity index (χ2v) is 5.49. The molecule has 0 aromatic heterocycles. The molecule has 1 atom stereocenters. The average Bonchev–Trinajstić information content (AvgIpc) is 2.65. The molecule has 0 saturated carbocycles. The number of hydrogen-bond donors (Lipinski definition) is 2. The summed E-state index contributed by atoms with van der Waals surface area (Å²) in [5.41, 5.74) is 1.11. The second-order valence-electron chi connectivity index (χ2n) is 5.49. The monoisotopic (exact) mass is 360 g/mol. The molecule has 8 nitrogen and oxygen atoms in total. The number of nitrogens with one attached hydrogen (secondary N) is 2. The highest BCUT2D eigenvalue weighted by Gasteiger charge is 2.32. The first kappa shape index (κ1) is 19.2. The Morgan fingerprint density at radius 3 is 2.38 bits per heavy atom. The molecule has 1 aliphatic rings. The first-order valence-corrected chi connectivity index (χ1v) is 8.20. The van der Waals surface area contributed by atoms with Gasteiger partial charge in [-0.1, -0.05) is 19.1 Å². The predicted molar refractivity (Wildman–Crippen MR) is 91.5 cm³/mol. The molecule has 0 radical (unpaired) electrons. The number of amides is 2. The zero-order valence-electron chi connectivity index (χ0n) is 14.5. The quantitative estimate of drug-likeness (QED) is 0.564. The van der Waals surface area contributed by atoms with E-state index in [9.17, 15) is 19.2 Å². The summed E-state index contributed by atoms with van der Waals surface area (Å²) < 4.78 is 10.2. The summed E-state index contributed by atoms with van der Waals surface area (Å²) in [6.45, 7) is 3.39. The topological polar surface area (TPSA) is 111 Å². The van der Waals surface area contributed by atoms with Gasteiger partial charge >= 0.3 is 18.0 Å². The first-order chi connectivity index (χ1) is 12.5. The van der Waals surface area contributed by atoms with Gasteiger partial charge in [0.25, 0.3) is 0 Å². The summed E-state index contributed by atoms with van der Waals surface area (Å²) in [4.78, 5) is 46.8. The van der Waals surface area contributed by atoms with E-state index in [1.807, 2.05) is 6.92 Å². The number of urea groups is 1. The van der Waals surface area contributed by atoms with E-state index in [2.05, 4.69) is 10.6 Å². The van der Waals surface area contributed by atoms with Crippen molar-refractivity contribution < 1.29 is 28.7 Å². The number of ether oxygens (including phenoxy) is 2. The first-order valence-electron chi connectivity index (χ1n) is 8.20. The maximum absolute atomic E-state index is 12.2. The third-order valence-electron chi connectivity index (χ3n) is 3.78. The predicted octanol–water partition coefficient (Wildman–Crippen LogP) is 1.56. The van der Waals surface area contributed by atoms with Crippen molar-refractivity contribution in [3.63, 3.8) is 0 Å². The second kappa shape index (κ2) is 8.80. The Bertz CT molecular complexity index is 739. The standard InChI is InChI=1S/C18H20N2O6/c1-3-13-15(17(23)25-4-2)14(20-18(24)19-13)10-26-16(22)12-7-5-11(9-21)6-8-12/h5-9,13H,3-4,10H2,1-2H3,(H2,19,20,24)/t13-/m0/s1. The van der Waals surface area contributed by atoms with E-state index in [1.54, 1.807) is 6.92 Å². The molecule has 0 fully saturated rings. The summed E-state index contributed by atoms with van der Waals surface area (Å²) in [6, 6.07) is 4.90. The summed E-state index contributed by atoms with van der Waals surface area (Å²) in [5.74, 6) is -1.22. The van der Waals surface area contributed by atoms with Crippen LogP contribution in [0.2, 0.25) is 0 Å². The van der Waals surface area contributed by atoms with Crippen LogP contribution in [0.4, 0.5) is 4.79 Å². The van der Waals surface area contributed by atoms with Crippen molar-refractivity contribution in [3.05, 3.63) is 46.7 Å². The highest BCUT2D eigenvalue weighted by atomic mass is 16.5. The van der Waals surface area contributed by atoms with Crippen molar-refractivity contribution in [1.29, 1.82) is 0 Å². The largest absolute Gasteiger partial charge is 0.463 e. The molecule has 0 spiro atoms. The van der Waals surface area contributed by atoms with Crippen LogP contribution in [-0.2, 0) is 14.3 Å². The van der Waals surface area contributed by atoms with Gasteiger partial charge in [0.1, 0.15) is 12.9 Å². The average molecular weight is 360 g/mol. The molecular weight excluding hydrogens is 340 g/mol. The van der Waals surface area contributed by atoms with Gasteiger partial charge in [-0.05, 0) is 25.5 Å². The molecule has 0 unspecified atom stereocenters. The molecular formula is C18H20N2O6. The third kappa shape index (κ3) is 4.47. The van der Waals surface area contributed by atoms with Crippen molar-refractivity contribution in [2.24, 2.45) is 0 Å². The molecule has 0 aliphatic carbocycles. The van der Waals surface area contributed by atoms with Crippen molar-refractivity contribution in [3.8, 4) is 0 Å². The molecule has 1 aliphatic heterocycles. The van der Waals surface area contributed by atoms with E-state index in [0.717, 1.165) is 0 Å². The fourth-order valence-electron chi connectivity index (χ4n) is 2.49. The lowest BCUT2D eigenvalue weighted by molar-refractivity contribution is -0.139. The van der Waals surface area contributed by atoms with Crippen molar-refractivity contribution >= 4 is 24.3 Å². The third-order valence-corrected chi connectivity index (χ3v) is 3.78. The fourth-order valence-corrected chi connectivity index (χ4v) is 2.49. The van der Waals surface area contributed by atoms with E-state index in [4.69, 9.17) is 9.47 Å². The molecule has 1 heterocycles. The Morgan fingerprint density at radius 1 is 1.12 bits per heavy atom. The van der Waals surface area contributed by atoms with E-state index >= 15 is 0 Å². The Labute approximate surface area is 150 Å². The van der Waals surface area contributed by atoms with Crippen LogP contribution < -0.4 is 10.6 Å². The van der Waals surface area contributed by atoms with Gasteiger partial charge in [0.2, 0.25) is 0 Å². The zero-order chi connectivity index (χ0) is 19.1. The molecule has 1 aromatic rings. The van der Waals surface area contributed by atoms with Gasteiger partial charge in [0, 0.05) is 5.56 Å². The van der Waals surface area contributed by atoms with Crippen LogP contribution in [0.1, 0.15) is 41.0 Å². The molecule has 1 aromatic carbocycles. The lowest BCUT2D eigenvalue weighted by Crippen LogP contribution is -2.51. The molecule has 2 rings (SSSR count). The smallest absolute Gasteiger partial charge is 0.338 e. The van der Waals surface area contributed by atoms with E-state index in [1.165, 1.54) is 24.3 Å². The molecule has 2 amide bonds. The van der Waals surface area contributed by atoms with Crippen LogP contribution >= 0.6 is 0 Å². The van der Waals surface area contributed by atoms with Gasteiger partial charge in [0.05, 0.1) is 29.5 Å². The van der Waals surface area contributed by atoms with Gasteiger partial charge in [-0.15, -0.1) is 0 Å². The Morgan fingerprint density at radius 2 is 1.81 bits per heavy atom. The van der Waals surface area contributed by atoms with Gasteiger partial charge in [0.15, 0.2) is 0 Å². The number of carbonyl (C=O) groups is 4. The van der Waals surface area contributed by atoms with E-state index < -0.39 is 24.0 Å². The molecule has 138 valence electrons. The van der Waals surface area contributed by atoms with E-state index in [0.29, 0.717) is 18.3 Å². The van der Waals surface area contributed by atoms with Crippen molar-refractivity contribution in [2.45, 2.75) is 26.3 Å². The maximum Gasteiger partial charge on any atom is 0.338 e. The normalized spacial score (nSPS) is 16.4. The minimum absolute atomic E-state index is 0.183. The number of esters is 2. The molecule has 0 saturated heterocycles. The van der Waals surface area contributed by atoms with Gasteiger partial charge in [-0.2, -0.15) is 0 Å². The number of benzene rings is 1.